The van der Waals surface area contributed by atoms with Crippen LogP contribution < -0.4 is 11.1 Å². The summed E-state index contributed by atoms with van der Waals surface area (Å²) in [6.45, 7) is 19.8. The van der Waals surface area contributed by atoms with E-state index in [-0.39, 0.29) is 42.2 Å². The first-order valence-electron chi connectivity index (χ1n) is 22.9. The minimum absolute atomic E-state index is 0.0705. The molecule has 2 aromatic rings. The second-order valence-electron chi connectivity index (χ2n) is 19.1. The summed E-state index contributed by atoms with van der Waals surface area (Å²) in [5.41, 5.74) is 6.38. The molecule has 63 heavy (non-hydrogen) atoms. The lowest BCUT2D eigenvalue weighted by Crippen LogP contribution is -2.60. The van der Waals surface area contributed by atoms with E-state index < -0.39 is 59.4 Å². The average molecular weight is 886 g/mol. The van der Waals surface area contributed by atoms with Gasteiger partial charge in [0.15, 0.2) is 12.1 Å². The Morgan fingerprint density at radius 3 is 2.49 bits per heavy atom. The molecule has 5 rings (SSSR count). The van der Waals surface area contributed by atoms with Crippen molar-refractivity contribution in [3.63, 3.8) is 0 Å². The van der Waals surface area contributed by atoms with Crippen molar-refractivity contribution in [2.45, 2.75) is 167 Å². The van der Waals surface area contributed by atoms with Crippen LogP contribution >= 0.6 is 0 Å². The number of nitrogens with two attached hydrogens (primary N) is 1. The van der Waals surface area contributed by atoms with Crippen LogP contribution in [0.2, 0.25) is 0 Å². The number of benzene rings is 1. The van der Waals surface area contributed by atoms with Gasteiger partial charge in [-0.2, -0.15) is 0 Å². The number of aryl methyl sites for hydroxylation is 1. The number of cyclic esters (lactones) is 1. The largest absolute Gasteiger partial charge is 0.481 e. The second kappa shape index (κ2) is 21.5. The van der Waals surface area contributed by atoms with Crippen LogP contribution in [-0.4, -0.2) is 151 Å². The van der Waals surface area contributed by atoms with Gasteiger partial charge in [-0.1, -0.05) is 45.0 Å². The highest BCUT2D eigenvalue weighted by atomic mass is 16.7. The van der Waals surface area contributed by atoms with E-state index in [1.807, 2.05) is 60.8 Å². The fraction of sp³-hybridized carbons (Fsp3) is 0.761. The van der Waals surface area contributed by atoms with Crippen molar-refractivity contribution in [3.05, 3.63) is 30.5 Å². The van der Waals surface area contributed by atoms with E-state index in [1.54, 1.807) is 14.0 Å². The number of ether oxygens (including phenoxy) is 4. The van der Waals surface area contributed by atoms with Crippen LogP contribution in [0.5, 0.6) is 0 Å². The Labute approximate surface area is 373 Å². The van der Waals surface area contributed by atoms with Crippen molar-refractivity contribution < 1.29 is 48.7 Å². The summed E-state index contributed by atoms with van der Waals surface area (Å²) in [7, 11) is 1.55. The third kappa shape index (κ3) is 11.8. The van der Waals surface area contributed by atoms with Crippen LogP contribution in [0, 0.1) is 23.7 Å². The van der Waals surface area contributed by atoms with Gasteiger partial charge < -0.3 is 45.3 Å². The zero-order chi connectivity index (χ0) is 46.4. The van der Waals surface area contributed by atoms with Gasteiger partial charge in [0.25, 0.3) is 0 Å². The number of aliphatic hydroxyl groups excluding tert-OH is 2. The number of methoxy groups -OCH3 is 1. The Hall–Kier alpha value is -3.71. The number of carboxylic acids is 1. The zero-order valence-corrected chi connectivity index (χ0v) is 39.1. The number of aliphatic hydroxyl groups is 2. The van der Waals surface area contributed by atoms with Crippen molar-refractivity contribution in [1.82, 2.24) is 30.1 Å². The van der Waals surface area contributed by atoms with Crippen molar-refractivity contribution in [2.24, 2.45) is 23.7 Å². The number of aliphatic carboxylic acids is 1. The lowest BCUT2D eigenvalue weighted by atomic mass is 9.78. The maximum absolute atomic E-state index is 13.7. The number of Topliss-reactive ketones (excluding diaryl/α,β-unsaturated/α-hetero) is 1. The van der Waals surface area contributed by atoms with Crippen molar-refractivity contribution in [3.8, 4) is 11.3 Å². The molecule has 14 atom stereocenters. The molecule has 0 bridgehead atoms. The third-order valence-electron chi connectivity index (χ3n) is 14.2. The standard InChI is InChI=1S/C46H75N7O10/c1-11-28(3)46(9)40(53(44(59)63-46)19-13-12-18-52-26-36(49-50-52)33-15-14-16-34(47)22-33)32(7)48-24-27(2)23-45(8,60-10)41(30(5)38(55)31(6)42(57)58)62-43-39(56)37(21-29(4)61-43)51-20-17-35(54)25-51/h14-16,22,26-32,35,37,39-41,43,48,54,56H,11-13,17-21,23-25,47H2,1-10H3,(H,57,58)/t27-,28-,29?,30+,31-,32-,35-,37?,39?,40-,41-,43+,45-,46-/m1/s1. The number of carbonyl (C=O) groups excluding carboxylic acids is 2. The van der Waals surface area contributed by atoms with Gasteiger partial charge in [-0.3, -0.25) is 24.1 Å². The number of amides is 1. The molecule has 0 saturated carbocycles. The van der Waals surface area contributed by atoms with Crippen LogP contribution in [0.4, 0.5) is 10.5 Å². The molecule has 1 amide bonds. The van der Waals surface area contributed by atoms with Gasteiger partial charge in [0.1, 0.15) is 23.3 Å². The molecule has 3 aliphatic heterocycles. The molecule has 354 valence electrons. The normalized spacial score (nSPS) is 29.4. The summed E-state index contributed by atoms with van der Waals surface area (Å²) < 4.78 is 27.1. The predicted molar refractivity (Wildman–Crippen MR) is 237 cm³/mol. The monoisotopic (exact) mass is 886 g/mol. The van der Waals surface area contributed by atoms with Gasteiger partial charge in [0, 0.05) is 62.5 Å². The van der Waals surface area contributed by atoms with Crippen LogP contribution in [-0.2, 0) is 35.1 Å². The number of nitrogens with one attached hydrogen (secondary N) is 1. The highest BCUT2D eigenvalue weighted by molar-refractivity contribution is 5.99. The molecular weight excluding hydrogens is 811 g/mol. The van der Waals surface area contributed by atoms with Gasteiger partial charge in [-0.15, -0.1) is 5.10 Å². The van der Waals surface area contributed by atoms with Crippen LogP contribution in [0.25, 0.3) is 11.3 Å². The number of ketones is 1. The Kier molecular flexibility index (Phi) is 17.2. The van der Waals surface area contributed by atoms with Gasteiger partial charge >= 0.3 is 12.1 Å². The molecule has 3 saturated heterocycles. The molecule has 17 heteroatoms. The summed E-state index contributed by atoms with van der Waals surface area (Å²) >= 11 is 0. The first-order valence-corrected chi connectivity index (χ1v) is 22.9. The molecule has 1 aromatic carbocycles. The Morgan fingerprint density at radius 2 is 1.86 bits per heavy atom. The number of carboxylic acid groups (broad SMARTS) is 1. The lowest BCUT2D eigenvalue weighted by Gasteiger charge is -2.47. The smallest absolute Gasteiger partial charge is 0.410 e. The Balaban J connectivity index is 1.28. The van der Waals surface area contributed by atoms with E-state index in [9.17, 15) is 29.7 Å². The number of hydrogen-bond donors (Lipinski definition) is 5. The molecule has 3 aliphatic rings. The zero-order valence-electron chi connectivity index (χ0n) is 39.1. The van der Waals surface area contributed by atoms with E-state index in [2.05, 4.69) is 48.2 Å². The molecular formula is C46H75N7O10. The fourth-order valence-corrected chi connectivity index (χ4v) is 10.1. The van der Waals surface area contributed by atoms with Crippen LogP contribution in [0.1, 0.15) is 101 Å². The number of β-amino-alcohol motifs (C(OH)–C–C–N with tert-alkyl or cyclic N) is 1. The number of hydrogen-bond acceptors (Lipinski definition) is 14. The first kappa shape index (κ1) is 50.3. The molecule has 0 radical (unpaired) electrons. The van der Waals surface area contributed by atoms with Gasteiger partial charge in [0.2, 0.25) is 0 Å². The number of carbonyl (C=O) groups is 3. The SMILES string of the molecule is CC[C@@H](C)[C@@]1(C)OC(=O)N(CCCCn2cc(-c3cccc(N)c3)nn2)[C@@H]1[C@@H](C)NC[C@H](C)C[C@@](C)(OC)[C@H](O[C@@H]1OC(C)CC(N2CC[C@@H](O)C2)C1O)[C@@H](C)C(=O)[C@@H](C)C(=O)O. The highest BCUT2D eigenvalue weighted by Gasteiger charge is 2.55. The van der Waals surface area contributed by atoms with E-state index in [0.29, 0.717) is 57.7 Å². The van der Waals surface area contributed by atoms with E-state index in [0.717, 1.165) is 30.5 Å². The molecule has 1 aromatic heterocycles. The quantitative estimate of drug-likeness (QED) is 0.0585. The summed E-state index contributed by atoms with van der Waals surface area (Å²) in [6, 6.07) is 6.74. The highest BCUT2D eigenvalue weighted by Crippen LogP contribution is 2.40. The maximum Gasteiger partial charge on any atom is 0.410 e. The number of aromatic nitrogens is 3. The molecule has 4 heterocycles. The Bertz CT molecular complexity index is 1830. The topological polar surface area (TPSA) is 224 Å². The summed E-state index contributed by atoms with van der Waals surface area (Å²) in [4.78, 5) is 43.3. The molecule has 3 fully saturated rings. The van der Waals surface area contributed by atoms with Gasteiger partial charge in [0.05, 0.1) is 36.2 Å². The molecule has 6 N–H and O–H groups in total. The fourth-order valence-electron chi connectivity index (χ4n) is 10.1. The predicted octanol–water partition coefficient (Wildman–Crippen LogP) is 4.58. The van der Waals surface area contributed by atoms with Crippen molar-refractivity contribution in [1.29, 1.82) is 0 Å². The average Bonchev–Trinajstić information content (AvgIpc) is 3.97. The van der Waals surface area contributed by atoms with E-state index in [1.165, 1.54) is 6.92 Å². The second-order valence-corrected chi connectivity index (χ2v) is 19.1. The third-order valence-corrected chi connectivity index (χ3v) is 14.2. The molecule has 3 unspecified atom stereocenters. The lowest BCUT2D eigenvalue weighted by molar-refractivity contribution is -0.296. The summed E-state index contributed by atoms with van der Waals surface area (Å²) in [6.07, 6.45) is 1.41. The minimum Gasteiger partial charge on any atom is -0.481 e. The van der Waals surface area contributed by atoms with Crippen LogP contribution in [0.3, 0.4) is 0 Å². The number of unbranched alkanes of at least 4 members (excludes halogenated alkanes) is 1. The van der Waals surface area contributed by atoms with Crippen molar-refractivity contribution in [2.75, 3.05) is 39.0 Å². The number of nitrogens with zero attached hydrogens (tertiary/aromatic N) is 5. The number of likely N-dealkylation sites (tertiary alicyclic amines) is 1. The Morgan fingerprint density at radius 1 is 1.14 bits per heavy atom. The van der Waals surface area contributed by atoms with Crippen LogP contribution in [0.15, 0.2) is 30.5 Å². The number of nitrogen functional groups attached to an aromatic ring is 1. The van der Waals surface area contributed by atoms with Gasteiger partial charge in [-0.05, 0) is 104 Å². The molecule has 0 aliphatic carbocycles. The molecule has 17 nitrogen and oxygen atoms in total. The number of anilines is 1. The van der Waals surface area contributed by atoms with E-state index >= 15 is 0 Å². The summed E-state index contributed by atoms with van der Waals surface area (Å²) in [5.74, 6) is -3.99. The van der Waals surface area contributed by atoms with Crippen molar-refractivity contribution >= 4 is 23.5 Å². The maximum atomic E-state index is 13.7. The molecule has 0 spiro atoms. The number of rotatable bonds is 23. The minimum atomic E-state index is -1.29. The summed E-state index contributed by atoms with van der Waals surface area (Å²) in [5, 5.41) is 44.1. The van der Waals surface area contributed by atoms with E-state index in [4.69, 9.17) is 24.7 Å². The first-order chi connectivity index (χ1) is 29.7. The van der Waals surface area contributed by atoms with Gasteiger partial charge in [-0.25, -0.2) is 4.79 Å².